The third kappa shape index (κ3) is 4.04. The Morgan fingerprint density at radius 1 is 1.18 bits per heavy atom. The molecule has 172 valence electrons. The molecule has 3 heterocycles. The number of ether oxygens (including phenoxy) is 1. The van der Waals surface area contributed by atoms with E-state index in [2.05, 4.69) is 15.0 Å². The predicted octanol–water partition coefficient (Wildman–Crippen LogP) is 3.28. The fraction of sp³-hybridized carbons (Fsp3) is 0.375. The molecule has 4 aromatic rings. The highest BCUT2D eigenvalue weighted by atomic mass is 35.5. The largest absolute Gasteiger partial charge is 0.390 e. The van der Waals surface area contributed by atoms with Crippen molar-refractivity contribution in [2.45, 2.75) is 44.1 Å². The Morgan fingerprint density at radius 3 is 2.85 bits per heavy atom. The zero-order valence-corrected chi connectivity index (χ0v) is 19.0. The van der Waals surface area contributed by atoms with Crippen LogP contribution in [0.5, 0.6) is 0 Å². The Balaban J connectivity index is 1.33. The summed E-state index contributed by atoms with van der Waals surface area (Å²) in [4.78, 5) is 13.1. The predicted molar refractivity (Wildman–Crippen MR) is 127 cm³/mol. The van der Waals surface area contributed by atoms with Crippen LogP contribution in [0.3, 0.4) is 0 Å². The summed E-state index contributed by atoms with van der Waals surface area (Å²) in [7, 11) is 1.63. The molecule has 1 aliphatic rings. The van der Waals surface area contributed by atoms with Crippen molar-refractivity contribution in [1.82, 2.24) is 19.5 Å². The molecule has 1 fully saturated rings. The molecule has 0 amide bonds. The number of anilines is 1. The number of aryl methyl sites for hydroxylation is 1. The molecule has 1 aliphatic carbocycles. The van der Waals surface area contributed by atoms with Crippen molar-refractivity contribution in [2.75, 3.05) is 12.8 Å². The smallest absolute Gasteiger partial charge is 0.144 e. The molecule has 3 aromatic heterocycles. The van der Waals surface area contributed by atoms with Crippen molar-refractivity contribution < 1.29 is 14.9 Å². The lowest BCUT2D eigenvalue weighted by Crippen LogP contribution is -2.29. The van der Waals surface area contributed by atoms with Crippen molar-refractivity contribution in [2.24, 2.45) is 5.92 Å². The average molecular weight is 468 g/mol. The van der Waals surface area contributed by atoms with E-state index in [4.69, 9.17) is 22.1 Å². The Kier molecular flexibility index (Phi) is 5.92. The van der Waals surface area contributed by atoms with Gasteiger partial charge in [0.2, 0.25) is 0 Å². The van der Waals surface area contributed by atoms with Crippen LogP contribution in [-0.4, -0.2) is 49.0 Å². The van der Waals surface area contributed by atoms with Crippen LogP contribution in [0.15, 0.2) is 42.9 Å². The number of fused-ring (bicyclic) bond motifs is 2. The van der Waals surface area contributed by atoms with Crippen molar-refractivity contribution >= 4 is 39.4 Å². The molecular weight excluding hydrogens is 442 g/mol. The molecule has 9 heteroatoms. The SMILES string of the molecule is COCc1ncnc2c1ccn2[C@@H]1C[C@H](CCc2ccc3cc(Cl)c(N)nc3c2)[C@@H](O)[C@H]1O. The van der Waals surface area contributed by atoms with Gasteiger partial charge in [-0.1, -0.05) is 23.7 Å². The van der Waals surface area contributed by atoms with Crippen LogP contribution in [0.1, 0.15) is 30.1 Å². The van der Waals surface area contributed by atoms with E-state index in [0.717, 1.165) is 46.0 Å². The monoisotopic (exact) mass is 467 g/mol. The number of rotatable bonds is 6. The highest BCUT2D eigenvalue weighted by Crippen LogP contribution is 2.39. The third-order valence-corrected chi connectivity index (χ3v) is 6.97. The molecule has 4 N–H and O–H groups in total. The summed E-state index contributed by atoms with van der Waals surface area (Å²) in [6, 6.07) is 9.52. The minimum absolute atomic E-state index is 0.0401. The number of aromatic nitrogens is 4. The quantitative estimate of drug-likeness (QED) is 0.398. The number of nitrogen functional groups attached to an aromatic ring is 1. The minimum atomic E-state index is -0.869. The van der Waals surface area contributed by atoms with E-state index in [9.17, 15) is 10.2 Å². The topological polar surface area (TPSA) is 119 Å². The standard InChI is InChI=1S/C24H26ClN5O3/c1-33-11-19-16-6-7-30(24(16)28-12-27-19)20-10-15(21(31)22(20)32)5-3-13-2-4-14-9-17(25)23(26)29-18(14)8-13/h2,4,6-9,12,15,20-22,31-32H,3,5,10-11H2,1H3,(H2,26,29)/t15-,20+,21+,22-/m0/s1. The second kappa shape index (κ2) is 8.87. The van der Waals surface area contributed by atoms with Crippen molar-refractivity contribution in [3.63, 3.8) is 0 Å². The third-order valence-electron chi connectivity index (χ3n) is 6.67. The number of hydrogen-bond acceptors (Lipinski definition) is 7. The highest BCUT2D eigenvalue weighted by Gasteiger charge is 2.42. The van der Waals surface area contributed by atoms with Gasteiger partial charge in [0.25, 0.3) is 0 Å². The van der Waals surface area contributed by atoms with Crippen LogP contribution < -0.4 is 5.73 Å². The number of aliphatic hydroxyl groups excluding tert-OH is 2. The zero-order chi connectivity index (χ0) is 23.1. The zero-order valence-electron chi connectivity index (χ0n) is 18.2. The first-order chi connectivity index (χ1) is 16.0. The van der Waals surface area contributed by atoms with E-state index >= 15 is 0 Å². The van der Waals surface area contributed by atoms with Gasteiger partial charge in [-0.3, -0.25) is 0 Å². The number of aliphatic hydroxyl groups is 2. The summed E-state index contributed by atoms with van der Waals surface area (Å²) in [6.07, 6.45) is 3.90. The minimum Gasteiger partial charge on any atom is -0.390 e. The molecule has 0 spiro atoms. The van der Waals surface area contributed by atoms with Gasteiger partial charge in [0, 0.05) is 24.1 Å². The fourth-order valence-corrected chi connectivity index (χ4v) is 5.07. The van der Waals surface area contributed by atoms with Crippen LogP contribution >= 0.6 is 11.6 Å². The number of halogens is 1. The molecule has 1 aromatic carbocycles. The van der Waals surface area contributed by atoms with E-state index in [0.29, 0.717) is 23.9 Å². The Bertz CT molecular complexity index is 1310. The number of nitrogens with two attached hydrogens (primary N) is 1. The molecule has 1 saturated carbocycles. The van der Waals surface area contributed by atoms with Crippen LogP contribution in [0.25, 0.3) is 21.9 Å². The molecule has 0 unspecified atom stereocenters. The molecular formula is C24H26ClN5O3. The molecule has 0 radical (unpaired) electrons. The van der Waals surface area contributed by atoms with Gasteiger partial charge in [-0.05, 0) is 48.9 Å². The van der Waals surface area contributed by atoms with Crippen molar-refractivity contribution in [3.05, 3.63) is 59.1 Å². The van der Waals surface area contributed by atoms with Gasteiger partial charge >= 0.3 is 0 Å². The summed E-state index contributed by atoms with van der Waals surface area (Å²) < 4.78 is 7.19. The van der Waals surface area contributed by atoms with Crippen molar-refractivity contribution in [3.8, 4) is 0 Å². The average Bonchev–Trinajstić information content (AvgIpc) is 3.35. The van der Waals surface area contributed by atoms with Crippen molar-refractivity contribution in [1.29, 1.82) is 0 Å². The summed E-state index contributed by atoms with van der Waals surface area (Å²) >= 11 is 6.07. The Labute approximate surface area is 196 Å². The Morgan fingerprint density at radius 2 is 2.03 bits per heavy atom. The molecule has 33 heavy (non-hydrogen) atoms. The second-order valence-electron chi connectivity index (χ2n) is 8.68. The first kappa shape index (κ1) is 22.0. The van der Waals surface area contributed by atoms with Gasteiger partial charge in [0.05, 0.1) is 35.0 Å². The van der Waals surface area contributed by atoms with Crippen LogP contribution in [0.2, 0.25) is 5.02 Å². The molecule has 5 rings (SSSR count). The maximum atomic E-state index is 10.9. The number of hydrogen-bond donors (Lipinski definition) is 3. The Hall–Kier alpha value is -2.78. The normalized spacial score (nSPS) is 23.0. The van der Waals surface area contributed by atoms with Gasteiger partial charge in [-0.15, -0.1) is 0 Å². The molecule has 8 nitrogen and oxygen atoms in total. The first-order valence-electron chi connectivity index (χ1n) is 11.0. The van der Waals surface area contributed by atoms with Crippen LogP contribution in [-0.2, 0) is 17.8 Å². The number of methoxy groups -OCH3 is 1. The maximum Gasteiger partial charge on any atom is 0.144 e. The second-order valence-corrected chi connectivity index (χ2v) is 9.09. The van der Waals surface area contributed by atoms with Gasteiger partial charge in [0.15, 0.2) is 0 Å². The maximum absolute atomic E-state index is 10.9. The summed E-state index contributed by atoms with van der Waals surface area (Å²) in [5.74, 6) is 0.275. The molecule has 0 aliphatic heterocycles. The summed E-state index contributed by atoms with van der Waals surface area (Å²) in [6.45, 7) is 0.389. The number of benzene rings is 1. The van der Waals surface area contributed by atoms with E-state index < -0.39 is 12.2 Å². The lowest BCUT2D eigenvalue weighted by Gasteiger charge is -2.19. The van der Waals surface area contributed by atoms with Gasteiger partial charge < -0.3 is 25.3 Å². The number of pyridine rings is 1. The fourth-order valence-electron chi connectivity index (χ4n) is 4.91. The van der Waals surface area contributed by atoms with Gasteiger partial charge in [-0.2, -0.15) is 0 Å². The van der Waals surface area contributed by atoms with Crippen LogP contribution in [0.4, 0.5) is 5.82 Å². The first-order valence-corrected chi connectivity index (χ1v) is 11.3. The molecule has 4 atom stereocenters. The highest BCUT2D eigenvalue weighted by molar-refractivity contribution is 6.33. The van der Waals surface area contributed by atoms with E-state index in [1.165, 1.54) is 6.33 Å². The van der Waals surface area contributed by atoms with E-state index in [-0.39, 0.29) is 12.0 Å². The molecule has 0 saturated heterocycles. The van der Waals surface area contributed by atoms with E-state index in [1.807, 2.05) is 41.1 Å². The van der Waals surface area contributed by atoms with Gasteiger partial charge in [0.1, 0.15) is 23.9 Å². The summed E-state index contributed by atoms with van der Waals surface area (Å²) in [5, 5.41) is 23.9. The summed E-state index contributed by atoms with van der Waals surface area (Å²) in [5.41, 5.74) is 9.29. The number of nitrogens with zero attached hydrogens (tertiary/aromatic N) is 4. The molecule has 0 bridgehead atoms. The lowest BCUT2D eigenvalue weighted by atomic mass is 9.95. The van der Waals surface area contributed by atoms with E-state index in [1.54, 1.807) is 7.11 Å². The van der Waals surface area contributed by atoms with Crippen LogP contribution in [0, 0.1) is 5.92 Å². The lowest BCUT2D eigenvalue weighted by molar-refractivity contribution is 0.00545. The van der Waals surface area contributed by atoms with Gasteiger partial charge in [-0.25, -0.2) is 15.0 Å².